The summed E-state index contributed by atoms with van der Waals surface area (Å²) in [7, 11) is 1.82. The summed E-state index contributed by atoms with van der Waals surface area (Å²) in [5.41, 5.74) is 6.91. The molecule has 0 bridgehead atoms. The van der Waals surface area contributed by atoms with Gasteiger partial charge in [0.05, 0.1) is 11.6 Å². The zero-order valence-electron chi connectivity index (χ0n) is 12.3. The molecular formula is C16H26N2O. The van der Waals surface area contributed by atoms with Gasteiger partial charge in [0, 0.05) is 7.11 Å². The Kier molecular flexibility index (Phi) is 4.61. The van der Waals surface area contributed by atoms with Gasteiger partial charge in [-0.2, -0.15) is 0 Å². The molecule has 0 amide bonds. The lowest BCUT2D eigenvalue weighted by Crippen LogP contribution is -2.54. The van der Waals surface area contributed by atoms with E-state index in [1.54, 1.807) is 0 Å². The predicted molar refractivity (Wildman–Crippen MR) is 78.9 cm³/mol. The first-order valence-electron chi connectivity index (χ1n) is 7.19. The Labute approximate surface area is 116 Å². The third-order valence-corrected chi connectivity index (χ3v) is 4.62. The van der Waals surface area contributed by atoms with Crippen LogP contribution in [0.2, 0.25) is 0 Å². The summed E-state index contributed by atoms with van der Waals surface area (Å²) in [5, 5.41) is 0. The molecule has 3 nitrogen and oxygen atoms in total. The summed E-state index contributed by atoms with van der Waals surface area (Å²) in [6.07, 6.45) is 5.60. The van der Waals surface area contributed by atoms with Gasteiger partial charge < -0.3 is 4.74 Å². The topological polar surface area (TPSA) is 47.3 Å². The van der Waals surface area contributed by atoms with Crippen molar-refractivity contribution in [2.75, 3.05) is 7.11 Å². The zero-order valence-corrected chi connectivity index (χ0v) is 12.3. The highest BCUT2D eigenvalue weighted by molar-refractivity contribution is 5.31. The van der Waals surface area contributed by atoms with Crippen molar-refractivity contribution in [1.29, 1.82) is 0 Å². The van der Waals surface area contributed by atoms with Gasteiger partial charge in [0.25, 0.3) is 0 Å². The van der Waals surface area contributed by atoms with Crippen molar-refractivity contribution >= 4 is 0 Å². The molecule has 0 radical (unpaired) electrons. The molecule has 2 rings (SSSR count). The number of nitrogens with one attached hydrogen (secondary N) is 1. The van der Waals surface area contributed by atoms with E-state index in [0.29, 0.717) is 0 Å². The highest BCUT2D eigenvalue weighted by Crippen LogP contribution is 2.36. The van der Waals surface area contributed by atoms with Crippen molar-refractivity contribution in [3.8, 4) is 0 Å². The van der Waals surface area contributed by atoms with Crippen LogP contribution < -0.4 is 11.3 Å². The Hall–Kier alpha value is -0.900. The molecule has 19 heavy (non-hydrogen) atoms. The average molecular weight is 262 g/mol. The Morgan fingerprint density at radius 2 is 2.00 bits per heavy atom. The van der Waals surface area contributed by atoms with Gasteiger partial charge in [-0.1, -0.05) is 36.6 Å². The second-order valence-corrected chi connectivity index (χ2v) is 5.83. The monoisotopic (exact) mass is 262 g/mol. The van der Waals surface area contributed by atoms with E-state index in [1.165, 1.54) is 29.5 Å². The van der Waals surface area contributed by atoms with Gasteiger partial charge in [-0.3, -0.25) is 11.3 Å². The molecule has 1 unspecified atom stereocenters. The van der Waals surface area contributed by atoms with Crippen LogP contribution in [0, 0.1) is 13.8 Å². The first kappa shape index (κ1) is 14.5. The third kappa shape index (κ3) is 2.99. The van der Waals surface area contributed by atoms with E-state index >= 15 is 0 Å². The van der Waals surface area contributed by atoms with Crippen LogP contribution in [0.3, 0.4) is 0 Å². The SMILES string of the molecule is COC1(C(Cc2cc(C)ccc2C)NN)CCCC1. The molecule has 0 spiro atoms. The summed E-state index contributed by atoms with van der Waals surface area (Å²) in [6, 6.07) is 6.79. The van der Waals surface area contributed by atoms with Gasteiger partial charge in [-0.25, -0.2) is 0 Å². The van der Waals surface area contributed by atoms with Crippen molar-refractivity contribution in [1.82, 2.24) is 5.43 Å². The normalized spacial score (nSPS) is 19.6. The standard InChI is InChI=1S/C16H26N2O/c1-12-6-7-13(2)14(10-12)11-15(18-17)16(19-3)8-4-5-9-16/h6-7,10,15,18H,4-5,8-9,11,17H2,1-3H3. The molecule has 1 aliphatic rings. The minimum Gasteiger partial charge on any atom is -0.377 e. The minimum atomic E-state index is -0.0923. The van der Waals surface area contributed by atoms with Gasteiger partial charge >= 0.3 is 0 Å². The lowest BCUT2D eigenvalue weighted by Gasteiger charge is -2.36. The number of aryl methyl sites for hydroxylation is 2. The number of benzene rings is 1. The Balaban J connectivity index is 2.21. The quantitative estimate of drug-likeness (QED) is 0.633. The maximum absolute atomic E-state index is 5.85. The maximum atomic E-state index is 5.85. The summed E-state index contributed by atoms with van der Waals surface area (Å²) < 4.78 is 5.85. The van der Waals surface area contributed by atoms with Crippen LogP contribution in [-0.4, -0.2) is 18.8 Å². The van der Waals surface area contributed by atoms with Crippen molar-refractivity contribution < 1.29 is 4.74 Å². The molecule has 0 aromatic heterocycles. The fourth-order valence-electron chi connectivity index (χ4n) is 3.31. The summed E-state index contributed by atoms with van der Waals surface area (Å²) >= 11 is 0. The molecule has 3 heteroatoms. The van der Waals surface area contributed by atoms with E-state index in [4.69, 9.17) is 10.6 Å². The van der Waals surface area contributed by atoms with Crippen molar-refractivity contribution in [2.45, 2.75) is 57.6 Å². The van der Waals surface area contributed by atoms with Gasteiger partial charge in [-0.15, -0.1) is 0 Å². The van der Waals surface area contributed by atoms with Gasteiger partial charge in [0.1, 0.15) is 0 Å². The van der Waals surface area contributed by atoms with E-state index in [2.05, 4.69) is 37.5 Å². The van der Waals surface area contributed by atoms with Crippen LogP contribution in [0.5, 0.6) is 0 Å². The molecule has 3 N–H and O–H groups in total. The van der Waals surface area contributed by atoms with Crippen molar-refractivity contribution in [3.63, 3.8) is 0 Å². The van der Waals surface area contributed by atoms with Crippen LogP contribution >= 0.6 is 0 Å². The van der Waals surface area contributed by atoms with Crippen LogP contribution in [0.15, 0.2) is 18.2 Å². The molecule has 0 saturated heterocycles. The second-order valence-electron chi connectivity index (χ2n) is 5.83. The smallest absolute Gasteiger partial charge is 0.0847 e. The van der Waals surface area contributed by atoms with Gasteiger partial charge in [0.15, 0.2) is 0 Å². The minimum absolute atomic E-state index is 0.0923. The molecule has 0 heterocycles. The number of hydrazine groups is 1. The highest BCUT2D eigenvalue weighted by Gasteiger charge is 2.41. The summed E-state index contributed by atoms with van der Waals surface area (Å²) in [5.74, 6) is 5.82. The van der Waals surface area contributed by atoms with Crippen LogP contribution in [-0.2, 0) is 11.2 Å². The predicted octanol–water partition coefficient (Wildman–Crippen LogP) is 2.64. The van der Waals surface area contributed by atoms with Gasteiger partial charge in [-0.05, 0) is 44.2 Å². The zero-order chi connectivity index (χ0) is 13.9. The third-order valence-electron chi connectivity index (χ3n) is 4.62. The number of rotatable bonds is 5. The lowest BCUT2D eigenvalue weighted by atomic mass is 9.86. The Bertz CT molecular complexity index is 425. The largest absolute Gasteiger partial charge is 0.377 e. The van der Waals surface area contributed by atoms with E-state index in [1.807, 2.05) is 7.11 Å². The average Bonchev–Trinajstić information content (AvgIpc) is 2.89. The van der Waals surface area contributed by atoms with Crippen LogP contribution in [0.25, 0.3) is 0 Å². The van der Waals surface area contributed by atoms with Crippen molar-refractivity contribution in [3.05, 3.63) is 34.9 Å². The van der Waals surface area contributed by atoms with E-state index < -0.39 is 0 Å². The molecule has 1 aromatic carbocycles. The molecular weight excluding hydrogens is 236 g/mol. The molecule has 0 aliphatic heterocycles. The maximum Gasteiger partial charge on any atom is 0.0847 e. The first-order valence-corrected chi connectivity index (χ1v) is 7.19. The molecule has 1 aromatic rings. The number of nitrogens with two attached hydrogens (primary N) is 1. The molecule has 1 saturated carbocycles. The number of ether oxygens (including phenoxy) is 1. The number of hydrogen-bond donors (Lipinski definition) is 2. The van der Waals surface area contributed by atoms with Crippen LogP contribution in [0.1, 0.15) is 42.4 Å². The van der Waals surface area contributed by atoms with Crippen LogP contribution in [0.4, 0.5) is 0 Å². The number of methoxy groups -OCH3 is 1. The Morgan fingerprint density at radius 3 is 2.58 bits per heavy atom. The molecule has 1 aliphatic carbocycles. The van der Waals surface area contributed by atoms with Gasteiger partial charge in [0.2, 0.25) is 0 Å². The summed E-state index contributed by atoms with van der Waals surface area (Å²) in [6.45, 7) is 4.30. The molecule has 1 fully saturated rings. The lowest BCUT2D eigenvalue weighted by molar-refractivity contribution is -0.0356. The molecule has 106 valence electrons. The fraction of sp³-hybridized carbons (Fsp3) is 0.625. The highest BCUT2D eigenvalue weighted by atomic mass is 16.5. The van der Waals surface area contributed by atoms with E-state index in [9.17, 15) is 0 Å². The second kappa shape index (κ2) is 6.04. The number of hydrogen-bond acceptors (Lipinski definition) is 3. The fourth-order valence-corrected chi connectivity index (χ4v) is 3.31. The van der Waals surface area contributed by atoms with Crippen molar-refractivity contribution in [2.24, 2.45) is 5.84 Å². The first-order chi connectivity index (χ1) is 9.11. The molecule has 1 atom stereocenters. The van der Waals surface area contributed by atoms with E-state index in [0.717, 1.165) is 19.3 Å². The summed E-state index contributed by atoms with van der Waals surface area (Å²) in [4.78, 5) is 0. The van der Waals surface area contributed by atoms with E-state index in [-0.39, 0.29) is 11.6 Å². The Morgan fingerprint density at radius 1 is 1.32 bits per heavy atom.